The molecule has 0 aliphatic carbocycles. The summed E-state index contributed by atoms with van der Waals surface area (Å²) in [6.07, 6.45) is -2.66. The Morgan fingerprint density at radius 3 is 2.67 bits per heavy atom. The summed E-state index contributed by atoms with van der Waals surface area (Å²) in [7, 11) is 0. The van der Waals surface area contributed by atoms with Crippen LogP contribution >= 0.6 is 0 Å². The number of alkyl halides is 3. The lowest BCUT2D eigenvalue weighted by Crippen LogP contribution is -2.26. The van der Waals surface area contributed by atoms with Crippen molar-refractivity contribution in [3.63, 3.8) is 0 Å². The van der Waals surface area contributed by atoms with E-state index in [1.54, 1.807) is 0 Å². The van der Waals surface area contributed by atoms with Gasteiger partial charge in [0, 0.05) is 25.5 Å². The standard InChI is InChI=1S/C13H18F3N3O2/c1-2-5-17-12-18-10(13(14,15)16)8-11(19-12)21-9-3-6-20-7-4-9/h8-9H,2-7H2,1H3,(H,17,18,19). The predicted molar refractivity (Wildman–Crippen MR) is 70.3 cm³/mol. The van der Waals surface area contributed by atoms with Gasteiger partial charge in [-0.25, -0.2) is 4.98 Å². The van der Waals surface area contributed by atoms with Gasteiger partial charge in [-0.3, -0.25) is 0 Å². The minimum Gasteiger partial charge on any atom is -0.474 e. The summed E-state index contributed by atoms with van der Waals surface area (Å²) in [6, 6.07) is 0.840. The van der Waals surface area contributed by atoms with Gasteiger partial charge in [0.1, 0.15) is 6.10 Å². The number of nitrogens with zero attached hydrogens (tertiary/aromatic N) is 2. The molecule has 1 aromatic rings. The van der Waals surface area contributed by atoms with Crippen LogP contribution in [0.25, 0.3) is 0 Å². The third-order valence-corrected chi connectivity index (χ3v) is 2.98. The average Bonchev–Trinajstić information content (AvgIpc) is 2.45. The molecule has 1 N–H and O–H groups in total. The molecule has 0 unspecified atom stereocenters. The highest BCUT2D eigenvalue weighted by atomic mass is 19.4. The first-order chi connectivity index (χ1) is 9.99. The Morgan fingerprint density at radius 2 is 2.05 bits per heavy atom. The first kappa shape index (κ1) is 15.8. The highest BCUT2D eigenvalue weighted by Crippen LogP contribution is 2.30. The molecule has 21 heavy (non-hydrogen) atoms. The minimum absolute atomic E-state index is 0.0529. The molecule has 1 fully saturated rings. The Kier molecular flexibility index (Phi) is 5.22. The highest BCUT2D eigenvalue weighted by molar-refractivity contribution is 5.32. The fourth-order valence-corrected chi connectivity index (χ4v) is 1.91. The van der Waals surface area contributed by atoms with Crippen LogP contribution in [-0.4, -0.2) is 35.8 Å². The number of halogens is 3. The Morgan fingerprint density at radius 1 is 1.33 bits per heavy atom. The van der Waals surface area contributed by atoms with E-state index < -0.39 is 11.9 Å². The van der Waals surface area contributed by atoms with Crippen LogP contribution in [0.5, 0.6) is 5.88 Å². The van der Waals surface area contributed by atoms with E-state index in [0.717, 1.165) is 12.5 Å². The van der Waals surface area contributed by atoms with E-state index in [0.29, 0.717) is 32.6 Å². The first-order valence-electron chi connectivity index (χ1n) is 6.93. The molecule has 0 amide bonds. The van der Waals surface area contributed by atoms with Crippen molar-refractivity contribution in [2.24, 2.45) is 0 Å². The maximum atomic E-state index is 12.9. The predicted octanol–water partition coefficient (Wildman–Crippen LogP) is 2.88. The summed E-state index contributed by atoms with van der Waals surface area (Å²) in [6.45, 7) is 3.49. The Labute approximate surface area is 120 Å². The van der Waals surface area contributed by atoms with Gasteiger partial charge in [0.05, 0.1) is 13.2 Å². The molecule has 118 valence electrons. The van der Waals surface area contributed by atoms with Gasteiger partial charge in [-0.1, -0.05) is 6.92 Å². The molecule has 5 nitrogen and oxygen atoms in total. The van der Waals surface area contributed by atoms with Crippen LogP contribution in [0.3, 0.4) is 0 Å². The van der Waals surface area contributed by atoms with Crippen LogP contribution in [0.15, 0.2) is 6.07 Å². The van der Waals surface area contributed by atoms with Crippen molar-refractivity contribution in [1.82, 2.24) is 9.97 Å². The Balaban J connectivity index is 2.17. The zero-order valence-corrected chi connectivity index (χ0v) is 11.7. The smallest absolute Gasteiger partial charge is 0.433 e. The van der Waals surface area contributed by atoms with Crippen LogP contribution in [-0.2, 0) is 10.9 Å². The highest BCUT2D eigenvalue weighted by Gasteiger charge is 2.34. The van der Waals surface area contributed by atoms with Gasteiger partial charge in [-0.05, 0) is 6.42 Å². The summed E-state index contributed by atoms with van der Waals surface area (Å²) < 4.78 is 49.3. The summed E-state index contributed by atoms with van der Waals surface area (Å²) in [5, 5.41) is 2.76. The molecule has 2 rings (SSSR count). The Hall–Kier alpha value is -1.57. The third-order valence-electron chi connectivity index (χ3n) is 2.98. The molecule has 1 aromatic heterocycles. The normalized spacial score (nSPS) is 16.8. The van der Waals surface area contributed by atoms with E-state index >= 15 is 0 Å². The first-order valence-corrected chi connectivity index (χ1v) is 6.93. The van der Waals surface area contributed by atoms with Gasteiger partial charge in [-0.2, -0.15) is 18.2 Å². The molecule has 1 aliphatic heterocycles. The molecule has 1 saturated heterocycles. The minimum atomic E-state index is -4.53. The molecule has 0 radical (unpaired) electrons. The van der Waals surface area contributed by atoms with Gasteiger partial charge >= 0.3 is 6.18 Å². The van der Waals surface area contributed by atoms with E-state index in [2.05, 4.69) is 15.3 Å². The maximum absolute atomic E-state index is 12.9. The molecule has 0 atom stereocenters. The Bertz CT molecular complexity index is 462. The monoisotopic (exact) mass is 305 g/mol. The van der Waals surface area contributed by atoms with E-state index in [1.165, 1.54) is 0 Å². The molecule has 0 bridgehead atoms. The zero-order chi connectivity index (χ0) is 15.3. The van der Waals surface area contributed by atoms with Crippen LogP contribution in [0.4, 0.5) is 19.1 Å². The molecule has 2 heterocycles. The molecule has 0 aromatic carbocycles. The summed E-state index contributed by atoms with van der Waals surface area (Å²) in [5.41, 5.74) is -1.00. The van der Waals surface area contributed by atoms with Gasteiger partial charge in [0.15, 0.2) is 5.69 Å². The van der Waals surface area contributed by atoms with Crippen LogP contribution < -0.4 is 10.1 Å². The molecule has 8 heteroatoms. The fraction of sp³-hybridized carbons (Fsp3) is 0.692. The number of hydrogen-bond donors (Lipinski definition) is 1. The number of aromatic nitrogens is 2. The second-order valence-electron chi connectivity index (χ2n) is 4.77. The fourth-order valence-electron chi connectivity index (χ4n) is 1.91. The van der Waals surface area contributed by atoms with Crippen molar-refractivity contribution in [1.29, 1.82) is 0 Å². The maximum Gasteiger partial charge on any atom is 0.433 e. The van der Waals surface area contributed by atoms with Crippen molar-refractivity contribution in [2.45, 2.75) is 38.5 Å². The van der Waals surface area contributed by atoms with Gasteiger partial charge in [0.25, 0.3) is 0 Å². The second-order valence-corrected chi connectivity index (χ2v) is 4.77. The van der Waals surface area contributed by atoms with Crippen LogP contribution in [0.1, 0.15) is 31.9 Å². The third kappa shape index (κ3) is 4.73. The summed E-state index contributed by atoms with van der Waals surface area (Å²) in [4.78, 5) is 7.48. The van der Waals surface area contributed by atoms with E-state index in [1.807, 2.05) is 6.92 Å². The number of nitrogens with one attached hydrogen (secondary N) is 1. The van der Waals surface area contributed by atoms with Crippen molar-refractivity contribution in [3.05, 3.63) is 11.8 Å². The topological polar surface area (TPSA) is 56.3 Å². The summed E-state index contributed by atoms with van der Waals surface area (Å²) >= 11 is 0. The lowest BCUT2D eigenvalue weighted by Gasteiger charge is -2.23. The molecule has 0 spiro atoms. The number of rotatable bonds is 5. The second kappa shape index (κ2) is 6.93. The van der Waals surface area contributed by atoms with Crippen molar-refractivity contribution < 1.29 is 22.6 Å². The van der Waals surface area contributed by atoms with Gasteiger partial charge in [0.2, 0.25) is 11.8 Å². The SMILES string of the molecule is CCCNc1nc(OC2CCOCC2)cc(C(F)(F)F)n1. The van der Waals surface area contributed by atoms with Gasteiger partial charge in [-0.15, -0.1) is 0 Å². The molecular formula is C13H18F3N3O2. The molecule has 1 aliphatic rings. The number of anilines is 1. The van der Waals surface area contributed by atoms with Crippen molar-refractivity contribution in [2.75, 3.05) is 25.1 Å². The van der Waals surface area contributed by atoms with Gasteiger partial charge < -0.3 is 14.8 Å². The average molecular weight is 305 g/mol. The number of ether oxygens (including phenoxy) is 2. The lowest BCUT2D eigenvalue weighted by molar-refractivity contribution is -0.141. The van der Waals surface area contributed by atoms with Crippen molar-refractivity contribution in [3.8, 4) is 5.88 Å². The van der Waals surface area contributed by atoms with Crippen LogP contribution in [0.2, 0.25) is 0 Å². The van der Waals surface area contributed by atoms with E-state index in [9.17, 15) is 13.2 Å². The number of hydrogen-bond acceptors (Lipinski definition) is 5. The quantitative estimate of drug-likeness (QED) is 0.906. The van der Waals surface area contributed by atoms with Crippen molar-refractivity contribution >= 4 is 5.95 Å². The summed E-state index contributed by atoms with van der Waals surface area (Å²) in [5.74, 6) is -0.114. The molecule has 0 saturated carbocycles. The van der Waals surface area contributed by atoms with Crippen LogP contribution in [0, 0.1) is 0 Å². The van der Waals surface area contributed by atoms with E-state index in [-0.39, 0.29) is 17.9 Å². The zero-order valence-electron chi connectivity index (χ0n) is 11.7. The largest absolute Gasteiger partial charge is 0.474 e. The lowest BCUT2D eigenvalue weighted by atomic mass is 10.1. The molecular weight excluding hydrogens is 287 g/mol. The van der Waals surface area contributed by atoms with E-state index in [4.69, 9.17) is 9.47 Å².